The van der Waals surface area contributed by atoms with E-state index in [0.717, 1.165) is 11.4 Å². The summed E-state index contributed by atoms with van der Waals surface area (Å²) >= 11 is 0. The number of anilines is 1. The maximum absolute atomic E-state index is 6.23. The molecule has 96 valence electrons. The van der Waals surface area contributed by atoms with Crippen LogP contribution < -0.4 is 5.73 Å². The second-order valence-electron chi connectivity index (χ2n) is 5.94. The first kappa shape index (κ1) is 11.3. The van der Waals surface area contributed by atoms with Gasteiger partial charge in [0.15, 0.2) is 0 Å². The number of nitrogens with zero attached hydrogens (tertiary/aromatic N) is 4. The van der Waals surface area contributed by atoms with E-state index in [4.69, 9.17) is 5.73 Å². The van der Waals surface area contributed by atoms with Crippen LogP contribution >= 0.6 is 0 Å². The molecule has 0 bridgehead atoms. The summed E-state index contributed by atoms with van der Waals surface area (Å²) in [6.45, 7) is 6.35. The minimum absolute atomic E-state index is 0.0558. The van der Waals surface area contributed by atoms with E-state index in [2.05, 4.69) is 35.3 Å². The SMILES string of the molecule is CC(C)(C)n1cnc(-c2cncn2C2CC2)c1N. The summed E-state index contributed by atoms with van der Waals surface area (Å²) in [6, 6.07) is 0.585. The standard InChI is InChI=1S/C13H19N5/c1-13(2,3)18-8-16-11(12(18)14)10-6-15-7-17(10)9-4-5-9/h6-9H,4-5,14H2,1-3H3. The zero-order valence-electron chi connectivity index (χ0n) is 11.1. The van der Waals surface area contributed by atoms with Crippen LogP contribution in [0.2, 0.25) is 0 Å². The highest BCUT2D eigenvalue weighted by Gasteiger charge is 2.28. The molecule has 18 heavy (non-hydrogen) atoms. The number of hydrogen-bond donors (Lipinski definition) is 1. The van der Waals surface area contributed by atoms with Gasteiger partial charge in [0.2, 0.25) is 0 Å². The fourth-order valence-corrected chi connectivity index (χ4v) is 2.22. The molecule has 2 heterocycles. The monoisotopic (exact) mass is 245 g/mol. The Morgan fingerprint density at radius 2 is 2.00 bits per heavy atom. The van der Waals surface area contributed by atoms with Crippen molar-refractivity contribution in [2.45, 2.75) is 45.2 Å². The zero-order valence-corrected chi connectivity index (χ0v) is 11.1. The molecule has 0 spiro atoms. The van der Waals surface area contributed by atoms with Crippen molar-refractivity contribution in [3.05, 3.63) is 18.9 Å². The van der Waals surface area contributed by atoms with Gasteiger partial charge in [-0.3, -0.25) is 0 Å². The van der Waals surface area contributed by atoms with Crippen LogP contribution in [0.5, 0.6) is 0 Å². The molecule has 0 aliphatic heterocycles. The maximum Gasteiger partial charge on any atom is 0.133 e. The van der Waals surface area contributed by atoms with E-state index in [0.29, 0.717) is 11.9 Å². The molecule has 0 saturated heterocycles. The quantitative estimate of drug-likeness (QED) is 0.883. The molecular formula is C13H19N5. The summed E-state index contributed by atoms with van der Waals surface area (Å²) in [5, 5.41) is 0. The van der Waals surface area contributed by atoms with Crippen molar-refractivity contribution < 1.29 is 0 Å². The highest BCUT2D eigenvalue weighted by molar-refractivity contribution is 5.67. The normalized spacial score (nSPS) is 16.2. The highest BCUT2D eigenvalue weighted by atomic mass is 15.2. The Labute approximate surface area is 107 Å². The van der Waals surface area contributed by atoms with E-state index in [1.165, 1.54) is 12.8 Å². The van der Waals surface area contributed by atoms with Gasteiger partial charge in [-0.2, -0.15) is 0 Å². The Morgan fingerprint density at radius 3 is 2.56 bits per heavy atom. The average molecular weight is 245 g/mol. The van der Waals surface area contributed by atoms with Crippen LogP contribution in [0.1, 0.15) is 39.7 Å². The Bertz CT molecular complexity index is 568. The van der Waals surface area contributed by atoms with Gasteiger partial charge in [0.1, 0.15) is 11.5 Å². The van der Waals surface area contributed by atoms with Crippen molar-refractivity contribution in [2.75, 3.05) is 5.73 Å². The number of rotatable bonds is 2. The number of imidazole rings is 2. The van der Waals surface area contributed by atoms with Crippen LogP contribution in [0.4, 0.5) is 5.82 Å². The van der Waals surface area contributed by atoms with Gasteiger partial charge >= 0.3 is 0 Å². The van der Waals surface area contributed by atoms with Gasteiger partial charge in [0, 0.05) is 11.6 Å². The number of hydrogen-bond acceptors (Lipinski definition) is 3. The van der Waals surface area contributed by atoms with Gasteiger partial charge in [0.25, 0.3) is 0 Å². The summed E-state index contributed by atoms with van der Waals surface area (Å²) in [5.74, 6) is 0.713. The van der Waals surface area contributed by atoms with Crippen LogP contribution in [-0.4, -0.2) is 19.1 Å². The molecule has 5 nitrogen and oxygen atoms in total. The van der Waals surface area contributed by atoms with Crippen molar-refractivity contribution in [3.63, 3.8) is 0 Å². The van der Waals surface area contributed by atoms with Gasteiger partial charge in [-0.25, -0.2) is 9.97 Å². The lowest BCUT2D eigenvalue weighted by atomic mass is 10.1. The minimum Gasteiger partial charge on any atom is -0.383 e. The Kier molecular flexibility index (Phi) is 2.27. The third kappa shape index (κ3) is 1.70. The molecule has 1 saturated carbocycles. The molecule has 0 atom stereocenters. The fourth-order valence-electron chi connectivity index (χ4n) is 2.22. The van der Waals surface area contributed by atoms with Crippen molar-refractivity contribution in [1.82, 2.24) is 19.1 Å². The molecule has 5 heteroatoms. The van der Waals surface area contributed by atoms with Gasteiger partial charge < -0.3 is 14.9 Å². The molecule has 2 aromatic heterocycles. The minimum atomic E-state index is -0.0558. The van der Waals surface area contributed by atoms with E-state index < -0.39 is 0 Å². The molecule has 1 aliphatic carbocycles. The van der Waals surface area contributed by atoms with Gasteiger partial charge in [-0.15, -0.1) is 0 Å². The molecule has 3 rings (SSSR count). The van der Waals surface area contributed by atoms with Gasteiger partial charge in [0.05, 0.1) is 24.5 Å². The molecule has 2 N–H and O–H groups in total. The first-order chi connectivity index (χ1) is 8.48. The molecule has 1 aliphatic rings. The second-order valence-corrected chi connectivity index (χ2v) is 5.94. The van der Waals surface area contributed by atoms with Crippen LogP contribution in [0.25, 0.3) is 11.4 Å². The fraction of sp³-hybridized carbons (Fsp3) is 0.538. The summed E-state index contributed by atoms with van der Waals surface area (Å²) in [7, 11) is 0. The van der Waals surface area contributed by atoms with Gasteiger partial charge in [-0.1, -0.05) is 0 Å². The van der Waals surface area contributed by atoms with Crippen LogP contribution in [0.3, 0.4) is 0 Å². The number of aromatic nitrogens is 4. The summed E-state index contributed by atoms with van der Waals surface area (Å²) in [6.07, 6.45) is 7.99. The van der Waals surface area contributed by atoms with Crippen LogP contribution in [-0.2, 0) is 5.54 Å². The van der Waals surface area contributed by atoms with Crippen molar-refractivity contribution in [3.8, 4) is 11.4 Å². The zero-order chi connectivity index (χ0) is 12.9. The number of nitrogen functional groups attached to an aromatic ring is 1. The van der Waals surface area contributed by atoms with Crippen molar-refractivity contribution >= 4 is 5.82 Å². The lowest BCUT2D eigenvalue weighted by Gasteiger charge is -2.22. The van der Waals surface area contributed by atoms with E-state index in [9.17, 15) is 0 Å². The summed E-state index contributed by atoms with van der Waals surface area (Å²) in [4.78, 5) is 8.70. The molecule has 0 unspecified atom stereocenters. The van der Waals surface area contributed by atoms with E-state index in [1.54, 1.807) is 0 Å². The molecule has 0 amide bonds. The lowest BCUT2D eigenvalue weighted by Crippen LogP contribution is -2.22. The predicted octanol–water partition coefficient (Wildman–Crippen LogP) is 2.42. The van der Waals surface area contributed by atoms with E-state index in [1.807, 2.05) is 23.4 Å². The Balaban J connectivity index is 2.07. The first-order valence-electron chi connectivity index (χ1n) is 6.34. The molecule has 2 aromatic rings. The van der Waals surface area contributed by atoms with E-state index >= 15 is 0 Å². The summed E-state index contributed by atoms with van der Waals surface area (Å²) in [5.41, 5.74) is 8.04. The van der Waals surface area contributed by atoms with Crippen molar-refractivity contribution in [2.24, 2.45) is 0 Å². The van der Waals surface area contributed by atoms with Crippen LogP contribution in [0.15, 0.2) is 18.9 Å². The molecule has 0 radical (unpaired) electrons. The molecule has 1 fully saturated rings. The Morgan fingerprint density at radius 1 is 1.28 bits per heavy atom. The van der Waals surface area contributed by atoms with Crippen LogP contribution in [0, 0.1) is 0 Å². The van der Waals surface area contributed by atoms with Gasteiger partial charge in [-0.05, 0) is 33.6 Å². The third-order valence-electron chi connectivity index (χ3n) is 3.38. The summed E-state index contributed by atoms with van der Waals surface area (Å²) < 4.78 is 4.19. The van der Waals surface area contributed by atoms with Crippen molar-refractivity contribution in [1.29, 1.82) is 0 Å². The average Bonchev–Trinajstić information content (AvgIpc) is 2.87. The first-order valence-corrected chi connectivity index (χ1v) is 6.34. The van der Waals surface area contributed by atoms with E-state index in [-0.39, 0.29) is 5.54 Å². The lowest BCUT2D eigenvalue weighted by molar-refractivity contribution is 0.402. The largest absolute Gasteiger partial charge is 0.383 e. The second kappa shape index (κ2) is 3.60. The topological polar surface area (TPSA) is 61.7 Å². The maximum atomic E-state index is 6.23. The Hall–Kier alpha value is -1.78. The number of nitrogens with two attached hydrogens (primary N) is 1. The predicted molar refractivity (Wildman–Crippen MR) is 71.1 cm³/mol. The highest BCUT2D eigenvalue weighted by Crippen LogP contribution is 2.39. The molecule has 0 aromatic carbocycles. The third-order valence-corrected chi connectivity index (χ3v) is 3.38. The smallest absolute Gasteiger partial charge is 0.133 e. The molecular weight excluding hydrogens is 226 g/mol.